The van der Waals surface area contributed by atoms with Gasteiger partial charge in [0.15, 0.2) is 0 Å². The Balaban J connectivity index is 1.81. The van der Waals surface area contributed by atoms with E-state index in [2.05, 4.69) is 65.2 Å². The number of hydrogen-bond acceptors (Lipinski definition) is 2. The van der Waals surface area contributed by atoms with Crippen LogP contribution < -0.4 is 5.32 Å². The Morgan fingerprint density at radius 3 is 2.75 bits per heavy atom. The minimum atomic E-state index is 0.734. The monoisotopic (exact) mass is 265 g/mol. The summed E-state index contributed by atoms with van der Waals surface area (Å²) < 4.78 is 2.14. The first-order chi connectivity index (χ1) is 9.78. The average Bonchev–Trinajstić information content (AvgIpc) is 2.82. The van der Waals surface area contributed by atoms with Crippen molar-refractivity contribution in [2.45, 2.75) is 19.9 Å². The number of para-hydroxylation sites is 2. The highest BCUT2D eigenvalue weighted by Gasteiger charge is 2.06. The molecule has 0 saturated carbocycles. The minimum Gasteiger partial charge on any atom is -0.378 e. The number of rotatable bonds is 4. The van der Waals surface area contributed by atoms with Crippen molar-refractivity contribution in [3.05, 3.63) is 59.9 Å². The van der Waals surface area contributed by atoms with Gasteiger partial charge in [-0.05, 0) is 36.2 Å². The van der Waals surface area contributed by atoms with E-state index in [-0.39, 0.29) is 0 Å². The lowest BCUT2D eigenvalue weighted by atomic mass is 10.1. The van der Waals surface area contributed by atoms with Gasteiger partial charge in [0.2, 0.25) is 0 Å². The number of fused-ring (bicyclic) bond motifs is 1. The van der Waals surface area contributed by atoms with Gasteiger partial charge >= 0.3 is 0 Å². The molecule has 1 heterocycles. The van der Waals surface area contributed by atoms with Gasteiger partial charge in [-0.3, -0.25) is 0 Å². The quantitative estimate of drug-likeness (QED) is 0.778. The number of hydrogen-bond donors (Lipinski definition) is 1. The highest BCUT2D eigenvalue weighted by atomic mass is 15.1. The van der Waals surface area contributed by atoms with Gasteiger partial charge in [-0.15, -0.1) is 0 Å². The van der Waals surface area contributed by atoms with Crippen molar-refractivity contribution in [3.8, 4) is 0 Å². The average molecular weight is 265 g/mol. The molecule has 0 radical (unpaired) electrons. The standard InChI is InChI=1S/C17H19N3/c1-3-13-7-6-8-14(11-13)18-12-17-19-15-9-4-5-10-16(15)20(17)2/h4-11,18H,3,12H2,1-2H3. The SMILES string of the molecule is CCc1cccc(NCc2nc3ccccc3n2C)c1. The van der Waals surface area contributed by atoms with Crippen LogP contribution in [0, 0.1) is 0 Å². The van der Waals surface area contributed by atoms with Gasteiger partial charge in [0, 0.05) is 12.7 Å². The fourth-order valence-electron chi connectivity index (χ4n) is 2.44. The summed E-state index contributed by atoms with van der Waals surface area (Å²) in [4.78, 5) is 4.67. The fourth-order valence-corrected chi connectivity index (χ4v) is 2.44. The van der Waals surface area contributed by atoms with Crippen molar-refractivity contribution in [2.24, 2.45) is 7.05 Å². The van der Waals surface area contributed by atoms with E-state index in [0.717, 1.165) is 30.0 Å². The largest absolute Gasteiger partial charge is 0.378 e. The number of nitrogens with zero attached hydrogens (tertiary/aromatic N) is 2. The Bertz CT molecular complexity index is 728. The Morgan fingerprint density at radius 2 is 1.95 bits per heavy atom. The maximum atomic E-state index is 4.67. The zero-order valence-corrected chi connectivity index (χ0v) is 11.9. The molecule has 0 aliphatic heterocycles. The van der Waals surface area contributed by atoms with Crippen LogP contribution in [0.25, 0.3) is 11.0 Å². The summed E-state index contributed by atoms with van der Waals surface area (Å²) >= 11 is 0. The van der Waals surface area contributed by atoms with Crippen LogP contribution >= 0.6 is 0 Å². The van der Waals surface area contributed by atoms with Gasteiger partial charge < -0.3 is 9.88 Å². The number of anilines is 1. The number of aromatic nitrogens is 2. The van der Waals surface area contributed by atoms with Crippen LogP contribution in [0.2, 0.25) is 0 Å². The van der Waals surface area contributed by atoms with E-state index in [0.29, 0.717) is 0 Å². The molecule has 0 atom stereocenters. The van der Waals surface area contributed by atoms with Crippen LogP contribution in [-0.4, -0.2) is 9.55 Å². The molecule has 3 nitrogen and oxygen atoms in total. The molecule has 0 fully saturated rings. The van der Waals surface area contributed by atoms with Crippen LogP contribution in [0.3, 0.4) is 0 Å². The molecule has 3 heteroatoms. The molecule has 0 amide bonds. The molecule has 0 aliphatic rings. The Kier molecular flexibility index (Phi) is 3.42. The molecule has 0 bridgehead atoms. The highest BCUT2D eigenvalue weighted by molar-refractivity contribution is 5.75. The number of aryl methyl sites for hydroxylation is 2. The second-order valence-electron chi connectivity index (χ2n) is 4.98. The van der Waals surface area contributed by atoms with Crippen molar-refractivity contribution in [2.75, 3.05) is 5.32 Å². The zero-order chi connectivity index (χ0) is 13.9. The third kappa shape index (κ3) is 2.39. The molecule has 3 aromatic rings. The van der Waals surface area contributed by atoms with Crippen LogP contribution in [0.5, 0.6) is 0 Å². The van der Waals surface area contributed by atoms with Gasteiger partial charge in [0.25, 0.3) is 0 Å². The number of imidazole rings is 1. The Labute approximate surface area is 119 Å². The fraction of sp³-hybridized carbons (Fsp3) is 0.235. The molecule has 0 aliphatic carbocycles. The molecule has 102 valence electrons. The summed E-state index contributed by atoms with van der Waals surface area (Å²) in [5.74, 6) is 1.05. The predicted octanol–water partition coefficient (Wildman–Crippen LogP) is 3.75. The lowest BCUT2D eigenvalue weighted by Gasteiger charge is -2.08. The van der Waals surface area contributed by atoms with E-state index < -0.39 is 0 Å². The molecule has 1 aromatic heterocycles. The first-order valence-corrected chi connectivity index (χ1v) is 7.01. The first-order valence-electron chi connectivity index (χ1n) is 7.01. The molecule has 3 rings (SSSR count). The van der Waals surface area contributed by atoms with Gasteiger partial charge in [-0.2, -0.15) is 0 Å². The van der Waals surface area contributed by atoms with Crippen LogP contribution in [0.1, 0.15) is 18.3 Å². The summed E-state index contributed by atoms with van der Waals surface area (Å²) in [5, 5.41) is 3.45. The molecule has 1 N–H and O–H groups in total. The minimum absolute atomic E-state index is 0.734. The number of nitrogens with one attached hydrogen (secondary N) is 1. The summed E-state index contributed by atoms with van der Waals surface area (Å²) in [6.07, 6.45) is 1.06. The van der Waals surface area contributed by atoms with E-state index in [1.165, 1.54) is 11.1 Å². The molecule has 0 unspecified atom stereocenters. The Hall–Kier alpha value is -2.29. The molecule has 0 spiro atoms. The van der Waals surface area contributed by atoms with Gasteiger partial charge in [0.1, 0.15) is 5.82 Å². The molecule has 2 aromatic carbocycles. The van der Waals surface area contributed by atoms with Crippen molar-refractivity contribution in [1.29, 1.82) is 0 Å². The third-order valence-corrected chi connectivity index (χ3v) is 3.67. The topological polar surface area (TPSA) is 29.9 Å². The second-order valence-corrected chi connectivity index (χ2v) is 4.98. The lowest BCUT2D eigenvalue weighted by molar-refractivity contribution is 0.834. The van der Waals surface area contributed by atoms with Gasteiger partial charge in [0.05, 0.1) is 17.6 Å². The van der Waals surface area contributed by atoms with Gasteiger partial charge in [-0.25, -0.2) is 4.98 Å². The van der Waals surface area contributed by atoms with Crippen LogP contribution in [0.15, 0.2) is 48.5 Å². The van der Waals surface area contributed by atoms with Crippen LogP contribution in [0.4, 0.5) is 5.69 Å². The van der Waals surface area contributed by atoms with Gasteiger partial charge in [-0.1, -0.05) is 31.2 Å². The maximum Gasteiger partial charge on any atom is 0.128 e. The van der Waals surface area contributed by atoms with E-state index in [9.17, 15) is 0 Å². The van der Waals surface area contributed by atoms with E-state index in [1.54, 1.807) is 0 Å². The summed E-state index contributed by atoms with van der Waals surface area (Å²) in [7, 11) is 2.06. The first kappa shape index (κ1) is 12.7. The molecular formula is C17H19N3. The summed E-state index contributed by atoms with van der Waals surface area (Å²) in [5.41, 5.74) is 4.72. The predicted molar refractivity (Wildman–Crippen MR) is 83.9 cm³/mol. The van der Waals surface area contributed by atoms with Crippen molar-refractivity contribution < 1.29 is 0 Å². The smallest absolute Gasteiger partial charge is 0.128 e. The third-order valence-electron chi connectivity index (χ3n) is 3.67. The zero-order valence-electron chi connectivity index (χ0n) is 11.9. The normalized spacial score (nSPS) is 10.9. The Morgan fingerprint density at radius 1 is 1.10 bits per heavy atom. The molecular weight excluding hydrogens is 246 g/mol. The lowest BCUT2D eigenvalue weighted by Crippen LogP contribution is -2.06. The van der Waals surface area contributed by atoms with Crippen molar-refractivity contribution in [1.82, 2.24) is 9.55 Å². The highest BCUT2D eigenvalue weighted by Crippen LogP contribution is 2.16. The second kappa shape index (κ2) is 5.37. The van der Waals surface area contributed by atoms with Crippen molar-refractivity contribution >= 4 is 16.7 Å². The van der Waals surface area contributed by atoms with Crippen LogP contribution in [-0.2, 0) is 20.0 Å². The van der Waals surface area contributed by atoms with E-state index >= 15 is 0 Å². The van der Waals surface area contributed by atoms with E-state index in [4.69, 9.17) is 0 Å². The van der Waals surface area contributed by atoms with Crippen molar-refractivity contribution in [3.63, 3.8) is 0 Å². The number of benzene rings is 2. The molecule has 20 heavy (non-hydrogen) atoms. The van der Waals surface area contributed by atoms with E-state index in [1.807, 2.05) is 12.1 Å². The summed E-state index contributed by atoms with van der Waals surface area (Å²) in [6, 6.07) is 16.8. The summed E-state index contributed by atoms with van der Waals surface area (Å²) in [6.45, 7) is 2.91. The maximum absolute atomic E-state index is 4.67. The molecule has 0 saturated heterocycles.